The van der Waals surface area contributed by atoms with Gasteiger partial charge in [-0.2, -0.15) is 0 Å². The van der Waals surface area contributed by atoms with Crippen molar-refractivity contribution in [3.8, 4) is 0 Å². The predicted molar refractivity (Wildman–Crippen MR) is 73.2 cm³/mol. The molecule has 0 aromatic heterocycles. The second-order valence-electron chi connectivity index (χ2n) is 5.27. The standard InChI is InChI=1S/C13H23N3O4/c1-9(2)16(8-11(17)18)13(20)15-6-4-10(5-7-15)12(19)14-3/h9-10H,4-8H2,1-3H3,(H,14,19)(H,17,18). The molecule has 1 aliphatic rings. The number of rotatable bonds is 4. The highest BCUT2D eigenvalue weighted by molar-refractivity contribution is 5.81. The number of carboxylic acids is 1. The molecular formula is C13H23N3O4. The lowest BCUT2D eigenvalue weighted by Gasteiger charge is -2.36. The summed E-state index contributed by atoms with van der Waals surface area (Å²) < 4.78 is 0. The molecule has 0 atom stereocenters. The van der Waals surface area contributed by atoms with Crippen molar-refractivity contribution in [2.45, 2.75) is 32.7 Å². The maximum Gasteiger partial charge on any atom is 0.323 e. The summed E-state index contributed by atoms with van der Waals surface area (Å²) in [5.41, 5.74) is 0. The molecule has 0 aliphatic carbocycles. The summed E-state index contributed by atoms with van der Waals surface area (Å²) in [7, 11) is 1.60. The van der Waals surface area contributed by atoms with E-state index >= 15 is 0 Å². The van der Waals surface area contributed by atoms with Gasteiger partial charge < -0.3 is 20.2 Å². The number of aliphatic carboxylic acids is 1. The van der Waals surface area contributed by atoms with E-state index in [2.05, 4.69) is 5.32 Å². The summed E-state index contributed by atoms with van der Waals surface area (Å²) in [5.74, 6) is -1.08. The van der Waals surface area contributed by atoms with Crippen LogP contribution in [-0.4, -0.2) is 65.5 Å². The molecule has 7 nitrogen and oxygen atoms in total. The van der Waals surface area contributed by atoms with Crippen LogP contribution in [0.4, 0.5) is 4.79 Å². The van der Waals surface area contributed by atoms with Gasteiger partial charge in [-0.15, -0.1) is 0 Å². The zero-order valence-electron chi connectivity index (χ0n) is 12.3. The first-order chi connectivity index (χ1) is 9.36. The third-order valence-corrected chi connectivity index (χ3v) is 3.56. The summed E-state index contributed by atoms with van der Waals surface area (Å²) >= 11 is 0. The minimum absolute atomic E-state index is 0.00310. The Kier molecular flexibility index (Phi) is 5.79. The van der Waals surface area contributed by atoms with E-state index < -0.39 is 5.97 Å². The Hall–Kier alpha value is -1.79. The Morgan fingerprint density at radius 1 is 1.30 bits per heavy atom. The second kappa shape index (κ2) is 7.12. The lowest BCUT2D eigenvalue weighted by molar-refractivity contribution is -0.138. The van der Waals surface area contributed by atoms with Gasteiger partial charge in [0.15, 0.2) is 0 Å². The summed E-state index contributed by atoms with van der Waals surface area (Å²) in [5, 5.41) is 11.5. The monoisotopic (exact) mass is 285 g/mol. The number of urea groups is 1. The van der Waals surface area contributed by atoms with E-state index in [-0.39, 0.29) is 30.4 Å². The molecule has 3 amide bonds. The van der Waals surface area contributed by atoms with Gasteiger partial charge in [0.1, 0.15) is 6.54 Å². The van der Waals surface area contributed by atoms with E-state index in [1.54, 1.807) is 25.8 Å². The van der Waals surface area contributed by atoms with Crippen molar-refractivity contribution in [1.29, 1.82) is 0 Å². The van der Waals surface area contributed by atoms with Gasteiger partial charge in [0.2, 0.25) is 5.91 Å². The minimum Gasteiger partial charge on any atom is -0.480 e. The molecule has 1 saturated heterocycles. The minimum atomic E-state index is -1.02. The van der Waals surface area contributed by atoms with Gasteiger partial charge in [-0.05, 0) is 26.7 Å². The fourth-order valence-electron chi connectivity index (χ4n) is 2.34. The lowest BCUT2D eigenvalue weighted by atomic mass is 9.96. The highest BCUT2D eigenvalue weighted by atomic mass is 16.4. The van der Waals surface area contributed by atoms with Crippen LogP contribution in [0.15, 0.2) is 0 Å². The molecule has 1 fully saturated rings. The molecule has 20 heavy (non-hydrogen) atoms. The number of hydrogen-bond donors (Lipinski definition) is 2. The van der Waals surface area contributed by atoms with E-state index in [9.17, 15) is 14.4 Å². The van der Waals surface area contributed by atoms with E-state index in [1.165, 1.54) is 4.90 Å². The number of carbonyl (C=O) groups excluding carboxylic acids is 2. The smallest absolute Gasteiger partial charge is 0.323 e. The van der Waals surface area contributed by atoms with Gasteiger partial charge >= 0.3 is 12.0 Å². The van der Waals surface area contributed by atoms with Crippen LogP contribution in [-0.2, 0) is 9.59 Å². The quantitative estimate of drug-likeness (QED) is 0.780. The molecule has 0 bridgehead atoms. The number of carbonyl (C=O) groups is 3. The number of likely N-dealkylation sites (tertiary alicyclic amines) is 1. The Morgan fingerprint density at radius 2 is 1.85 bits per heavy atom. The molecule has 0 aromatic rings. The second-order valence-corrected chi connectivity index (χ2v) is 5.27. The topological polar surface area (TPSA) is 90.0 Å². The maximum absolute atomic E-state index is 12.3. The highest BCUT2D eigenvalue weighted by Crippen LogP contribution is 2.19. The summed E-state index contributed by atoms with van der Waals surface area (Å²) in [6.45, 7) is 4.25. The van der Waals surface area contributed by atoms with Crippen LogP contribution < -0.4 is 5.32 Å². The zero-order valence-corrected chi connectivity index (χ0v) is 12.3. The largest absolute Gasteiger partial charge is 0.480 e. The van der Waals surface area contributed by atoms with Crippen molar-refractivity contribution < 1.29 is 19.5 Å². The first-order valence-corrected chi connectivity index (χ1v) is 6.85. The fraction of sp³-hybridized carbons (Fsp3) is 0.769. The SMILES string of the molecule is CNC(=O)C1CCN(C(=O)N(CC(=O)O)C(C)C)CC1. The normalized spacial score (nSPS) is 16.1. The number of carboxylic acid groups (broad SMARTS) is 1. The average molecular weight is 285 g/mol. The van der Waals surface area contributed by atoms with E-state index in [4.69, 9.17) is 5.11 Å². The summed E-state index contributed by atoms with van der Waals surface area (Å²) in [6, 6.07) is -0.437. The average Bonchev–Trinajstić information content (AvgIpc) is 2.43. The van der Waals surface area contributed by atoms with Crippen molar-refractivity contribution in [3.05, 3.63) is 0 Å². The number of amides is 3. The van der Waals surface area contributed by atoms with Crippen molar-refractivity contribution in [3.63, 3.8) is 0 Å². The first-order valence-electron chi connectivity index (χ1n) is 6.85. The summed E-state index contributed by atoms with van der Waals surface area (Å²) in [4.78, 5) is 37.6. The Morgan fingerprint density at radius 3 is 2.25 bits per heavy atom. The van der Waals surface area contributed by atoms with E-state index in [0.717, 1.165) is 0 Å². The Balaban J connectivity index is 2.60. The predicted octanol–water partition coefficient (Wildman–Crippen LogP) is 0.359. The molecular weight excluding hydrogens is 262 g/mol. The van der Waals surface area contributed by atoms with Crippen molar-refractivity contribution in [2.24, 2.45) is 5.92 Å². The third-order valence-electron chi connectivity index (χ3n) is 3.56. The van der Waals surface area contributed by atoms with E-state index in [0.29, 0.717) is 25.9 Å². The van der Waals surface area contributed by atoms with Crippen LogP contribution in [0.2, 0.25) is 0 Å². The van der Waals surface area contributed by atoms with Gasteiger partial charge in [0.25, 0.3) is 0 Å². The molecule has 0 aromatic carbocycles. The Bertz CT molecular complexity index is 376. The molecule has 2 N–H and O–H groups in total. The molecule has 1 heterocycles. The molecule has 0 spiro atoms. The number of nitrogens with one attached hydrogen (secondary N) is 1. The summed E-state index contributed by atoms with van der Waals surface area (Å²) in [6.07, 6.45) is 1.23. The van der Waals surface area contributed by atoms with Gasteiger partial charge in [0, 0.05) is 32.1 Å². The molecule has 0 radical (unpaired) electrons. The van der Waals surface area contributed by atoms with Crippen LogP contribution in [0.5, 0.6) is 0 Å². The van der Waals surface area contributed by atoms with Crippen molar-refractivity contribution in [1.82, 2.24) is 15.1 Å². The molecule has 1 rings (SSSR count). The first kappa shape index (κ1) is 16.3. The van der Waals surface area contributed by atoms with Crippen LogP contribution in [0.3, 0.4) is 0 Å². The molecule has 1 aliphatic heterocycles. The molecule has 0 unspecified atom stereocenters. The van der Waals surface area contributed by atoms with Crippen LogP contribution in [0, 0.1) is 5.92 Å². The maximum atomic E-state index is 12.3. The molecule has 7 heteroatoms. The van der Waals surface area contributed by atoms with Gasteiger partial charge in [0.05, 0.1) is 0 Å². The molecule has 0 saturated carbocycles. The number of piperidine rings is 1. The highest BCUT2D eigenvalue weighted by Gasteiger charge is 2.30. The van der Waals surface area contributed by atoms with Crippen molar-refractivity contribution in [2.75, 3.05) is 26.7 Å². The lowest BCUT2D eigenvalue weighted by Crippen LogP contribution is -2.51. The zero-order chi connectivity index (χ0) is 15.3. The van der Waals surface area contributed by atoms with Gasteiger partial charge in [-0.1, -0.05) is 0 Å². The third kappa shape index (κ3) is 4.11. The molecule has 114 valence electrons. The van der Waals surface area contributed by atoms with Gasteiger partial charge in [-0.3, -0.25) is 9.59 Å². The van der Waals surface area contributed by atoms with E-state index in [1.807, 2.05) is 0 Å². The fourth-order valence-corrected chi connectivity index (χ4v) is 2.34. The van der Waals surface area contributed by atoms with Crippen LogP contribution in [0.1, 0.15) is 26.7 Å². The van der Waals surface area contributed by atoms with Gasteiger partial charge in [-0.25, -0.2) is 4.79 Å². The Labute approximate surface area is 118 Å². The number of nitrogens with zero attached hydrogens (tertiary/aromatic N) is 2. The van der Waals surface area contributed by atoms with Crippen LogP contribution in [0.25, 0.3) is 0 Å². The number of hydrogen-bond acceptors (Lipinski definition) is 3. The van der Waals surface area contributed by atoms with Crippen LogP contribution >= 0.6 is 0 Å². The van der Waals surface area contributed by atoms with Crippen molar-refractivity contribution >= 4 is 17.9 Å².